The highest BCUT2D eigenvalue weighted by molar-refractivity contribution is 5.47. The number of hydrogen-bond acceptors (Lipinski definition) is 2. The molecule has 2 nitrogen and oxygen atoms in total. The lowest BCUT2D eigenvalue weighted by molar-refractivity contribution is 0.316. The third-order valence-corrected chi connectivity index (χ3v) is 2.59. The summed E-state index contributed by atoms with van der Waals surface area (Å²) in [5, 5.41) is 10.0. The van der Waals surface area contributed by atoms with Crippen molar-refractivity contribution in [2.24, 2.45) is 0 Å². The second-order valence-corrected chi connectivity index (χ2v) is 3.83. The van der Waals surface area contributed by atoms with E-state index in [-0.39, 0.29) is 5.75 Å². The van der Waals surface area contributed by atoms with Gasteiger partial charge in [0, 0.05) is 5.56 Å². The van der Waals surface area contributed by atoms with E-state index in [9.17, 15) is 5.11 Å². The lowest BCUT2D eigenvalue weighted by Crippen LogP contribution is -1.97. The number of para-hydroxylation sites is 1. The zero-order valence-corrected chi connectivity index (χ0v) is 10.2. The van der Waals surface area contributed by atoms with Gasteiger partial charge in [0.1, 0.15) is 0 Å². The standard InChI is InChI=1S/C14H20O2/c1-4-6-8-11(3)12-9-7-10-13(14(12)15)16-5-2/h4,6-7,9-11,15H,5,8H2,1-3H3/b6-4-. The molecule has 16 heavy (non-hydrogen) atoms. The van der Waals surface area contributed by atoms with Crippen molar-refractivity contribution in [1.29, 1.82) is 0 Å². The number of ether oxygens (including phenoxy) is 1. The van der Waals surface area contributed by atoms with Gasteiger partial charge in [-0.15, -0.1) is 0 Å². The van der Waals surface area contributed by atoms with Gasteiger partial charge in [-0.2, -0.15) is 0 Å². The smallest absolute Gasteiger partial charge is 0.161 e. The highest BCUT2D eigenvalue weighted by atomic mass is 16.5. The molecule has 1 atom stereocenters. The first-order valence-electron chi connectivity index (χ1n) is 5.76. The van der Waals surface area contributed by atoms with Crippen LogP contribution in [0.5, 0.6) is 11.5 Å². The van der Waals surface area contributed by atoms with Gasteiger partial charge in [0.2, 0.25) is 0 Å². The molecule has 0 radical (unpaired) electrons. The Morgan fingerprint density at radius 2 is 2.19 bits per heavy atom. The van der Waals surface area contributed by atoms with Gasteiger partial charge in [-0.1, -0.05) is 31.2 Å². The van der Waals surface area contributed by atoms with E-state index in [2.05, 4.69) is 13.0 Å². The summed E-state index contributed by atoms with van der Waals surface area (Å²) in [6.07, 6.45) is 5.07. The molecule has 0 aliphatic heterocycles. The summed E-state index contributed by atoms with van der Waals surface area (Å²) < 4.78 is 5.36. The summed E-state index contributed by atoms with van der Waals surface area (Å²) >= 11 is 0. The number of rotatable bonds is 5. The Bertz CT molecular complexity index is 356. The van der Waals surface area contributed by atoms with Crippen LogP contribution in [0.1, 0.15) is 38.7 Å². The third-order valence-electron chi connectivity index (χ3n) is 2.59. The van der Waals surface area contributed by atoms with Gasteiger partial charge in [-0.05, 0) is 32.3 Å². The molecule has 1 aromatic rings. The maximum Gasteiger partial charge on any atom is 0.161 e. The number of allylic oxidation sites excluding steroid dienone is 2. The van der Waals surface area contributed by atoms with Crippen molar-refractivity contribution in [3.8, 4) is 11.5 Å². The van der Waals surface area contributed by atoms with Crippen molar-refractivity contribution in [3.63, 3.8) is 0 Å². The van der Waals surface area contributed by atoms with Crippen LogP contribution in [0.3, 0.4) is 0 Å². The fourth-order valence-electron chi connectivity index (χ4n) is 1.68. The molecule has 0 bridgehead atoms. The largest absolute Gasteiger partial charge is 0.504 e. The van der Waals surface area contributed by atoms with E-state index in [1.807, 2.05) is 32.1 Å². The van der Waals surface area contributed by atoms with Crippen molar-refractivity contribution in [2.75, 3.05) is 6.61 Å². The molecule has 0 fully saturated rings. The maximum absolute atomic E-state index is 10.0. The normalized spacial score (nSPS) is 12.9. The molecule has 1 N–H and O–H groups in total. The Kier molecular flexibility index (Phi) is 4.90. The summed E-state index contributed by atoms with van der Waals surface area (Å²) in [5.74, 6) is 1.16. The van der Waals surface area contributed by atoms with Crippen LogP contribution in [0.25, 0.3) is 0 Å². The minimum atomic E-state index is 0.279. The molecule has 1 rings (SSSR count). The Morgan fingerprint density at radius 1 is 1.44 bits per heavy atom. The van der Waals surface area contributed by atoms with Crippen LogP contribution >= 0.6 is 0 Å². The van der Waals surface area contributed by atoms with Crippen LogP contribution in [-0.2, 0) is 0 Å². The third kappa shape index (κ3) is 3.02. The van der Waals surface area contributed by atoms with Crippen molar-refractivity contribution in [1.82, 2.24) is 0 Å². The second kappa shape index (κ2) is 6.21. The van der Waals surface area contributed by atoms with Crippen LogP contribution in [0.4, 0.5) is 0 Å². The molecule has 0 spiro atoms. The minimum absolute atomic E-state index is 0.279. The fourth-order valence-corrected chi connectivity index (χ4v) is 1.68. The van der Waals surface area contributed by atoms with Crippen molar-refractivity contribution >= 4 is 0 Å². The fraction of sp³-hybridized carbons (Fsp3) is 0.429. The highest BCUT2D eigenvalue weighted by Crippen LogP contribution is 2.35. The molecule has 0 saturated heterocycles. The van der Waals surface area contributed by atoms with Crippen molar-refractivity contribution in [2.45, 2.75) is 33.1 Å². The Balaban J connectivity index is 2.91. The lowest BCUT2D eigenvalue weighted by Gasteiger charge is -2.14. The summed E-state index contributed by atoms with van der Waals surface area (Å²) in [6, 6.07) is 5.67. The topological polar surface area (TPSA) is 29.5 Å². The molecular formula is C14H20O2. The first-order chi connectivity index (χ1) is 7.70. The molecule has 0 heterocycles. The van der Waals surface area contributed by atoms with Gasteiger partial charge in [0.15, 0.2) is 11.5 Å². The molecule has 0 aliphatic carbocycles. The molecule has 2 heteroatoms. The van der Waals surface area contributed by atoms with Gasteiger partial charge in [0.25, 0.3) is 0 Å². The van der Waals surface area contributed by atoms with E-state index < -0.39 is 0 Å². The predicted molar refractivity (Wildman–Crippen MR) is 67.1 cm³/mol. The van der Waals surface area contributed by atoms with E-state index in [1.54, 1.807) is 6.07 Å². The van der Waals surface area contributed by atoms with Gasteiger partial charge < -0.3 is 9.84 Å². The molecule has 0 amide bonds. The molecule has 0 aliphatic rings. The van der Waals surface area contributed by atoms with Crippen molar-refractivity contribution in [3.05, 3.63) is 35.9 Å². The monoisotopic (exact) mass is 220 g/mol. The van der Waals surface area contributed by atoms with Gasteiger partial charge >= 0.3 is 0 Å². The van der Waals surface area contributed by atoms with Gasteiger partial charge in [-0.25, -0.2) is 0 Å². The highest BCUT2D eigenvalue weighted by Gasteiger charge is 2.12. The van der Waals surface area contributed by atoms with Crippen LogP contribution in [0, 0.1) is 0 Å². The molecule has 1 unspecified atom stereocenters. The van der Waals surface area contributed by atoms with E-state index >= 15 is 0 Å². The zero-order chi connectivity index (χ0) is 12.0. The Morgan fingerprint density at radius 3 is 2.81 bits per heavy atom. The van der Waals surface area contributed by atoms with Crippen LogP contribution in [0.2, 0.25) is 0 Å². The summed E-state index contributed by atoms with van der Waals surface area (Å²) in [4.78, 5) is 0. The summed E-state index contributed by atoms with van der Waals surface area (Å²) in [5.41, 5.74) is 0.948. The second-order valence-electron chi connectivity index (χ2n) is 3.83. The van der Waals surface area contributed by atoms with E-state index in [4.69, 9.17) is 4.74 Å². The number of phenols is 1. The average Bonchev–Trinajstić information content (AvgIpc) is 2.29. The van der Waals surface area contributed by atoms with Crippen LogP contribution in [0.15, 0.2) is 30.4 Å². The molecule has 1 aromatic carbocycles. The first kappa shape index (κ1) is 12.6. The van der Waals surface area contributed by atoms with E-state index in [0.717, 1.165) is 12.0 Å². The predicted octanol–water partition coefficient (Wildman–Crippen LogP) is 3.86. The summed E-state index contributed by atoms with van der Waals surface area (Å²) in [7, 11) is 0. The lowest BCUT2D eigenvalue weighted by atomic mass is 9.96. The van der Waals surface area contributed by atoms with Crippen LogP contribution < -0.4 is 4.74 Å². The van der Waals surface area contributed by atoms with Gasteiger partial charge in [-0.3, -0.25) is 0 Å². The Hall–Kier alpha value is -1.44. The van der Waals surface area contributed by atoms with Crippen LogP contribution in [-0.4, -0.2) is 11.7 Å². The van der Waals surface area contributed by atoms with Crippen molar-refractivity contribution < 1.29 is 9.84 Å². The number of aromatic hydroxyl groups is 1. The molecule has 0 saturated carbocycles. The SMILES string of the molecule is C/C=C\CC(C)c1cccc(OCC)c1O. The van der Waals surface area contributed by atoms with E-state index in [0.29, 0.717) is 18.3 Å². The zero-order valence-electron chi connectivity index (χ0n) is 10.2. The molecule has 88 valence electrons. The summed E-state index contributed by atoms with van der Waals surface area (Å²) in [6.45, 7) is 6.59. The number of hydrogen-bond donors (Lipinski definition) is 1. The average molecular weight is 220 g/mol. The quantitative estimate of drug-likeness (QED) is 0.763. The number of phenolic OH excluding ortho intramolecular Hbond substituents is 1. The first-order valence-corrected chi connectivity index (χ1v) is 5.76. The molecular weight excluding hydrogens is 200 g/mol. The van der Waals surface area contributed by atoms with Gasteiger partial charge in [0.05, 0.1) is 6.61 Å². The maximum atomic E-state index is 10.0. The minimum Gasteiger partial charge on any atom is -0.504 e. The van der Waals surface area contributed by atoms with E-state index in [1.165, 1.54) is 0 Å². The number of benzene rings is 1. The molecule has 0 aromatic heterocycles. The Labute approximate surface area is 97.6 Å².